The zero-order chi connectivity index (χ0) is 10.2. The van der Waals surface area contributed by atoms with Crippen LogP contribution >= 0.6 is 0 Å². The van der Waals surface area contributed by atoms with E-state index in [1.807, 2.05) is 45.0 Å². The van der Waals surface area contributed by atoms with Gasteiger partial charge in [-0.1, -0.05) is 6.07 Å². The Balaban J connectivity index is 2.46. The molecule has 0 unspecified atom stereocenters. The maximum atomic E-state index is 5.81. The Kier molecular flexibility index (Phi) is 1.99. The molecule has 2 aromatic rings. The van der Waals surface area contributed by atoms with E-state index in [0.29, 0.717) is 0 Å². The van der Waals surface area contributed by atoms with Crippen molar-refractivity contribution in [3.8, 4) is 5.75 Å². The number of ether oxygens (including phenoxy) is 1. The minimum absolute atomic E-state index is 0.175. The van der Waals surface area contributed by atoms with Crippen molar-refractivity contribution >= 4 is 11.0 Å². The molecule has 2 rings (SSSR count). The first-order chi connectivity index (χ1) is 6.56. The lowest BCUT2D eigenvalue weighted by atomic mass is 10.1. The number of hydrogen-bond acceptors (Lipinski definition) is 2. The van der Waals surface area contributed by atoms with Crippen LogP contribution in [0.5, 0.6) is 5.75 Å². The first kappa shape index (κ1) is 9.13. The van der Waals surface area contributed by atoms with Gasteiger partial charge in [0.15, 0.2) is 0 Å². The molecule has 0 atom stereocenters. The zero-order valence-corrected chi connectivity index (χ0v) is 8.70. The highest BCUT2D eigenvalue weighted by Gasteiger charge is 2.14. The number of benzene rings is 1. The topological polar surface area (TPSA) is 22.4 Å². The highest BCUT2D eigenvalue weighted by molar-refractivity contribution is 5.83. The van der Waals surface area contributed by atoms with Crippen molar-refractivity contribution in [2.45, 2.75) is 26.4 Å². The summed E-state index contributed by atoms with van der Waals surface area (Å²) in [6.45, 7) is 6.10. The Bertz CT molecular complexity index is 435. The van der Waals surface area contributed by atoms with Crippen LogP contribution in [-0.2, 0) is 0 Å². The number of furan rings is 1. The fourth-order valence-corrected chi connectivity index (χ4v) is 1.39. The van der Waals surface area contributed by atoms with Gasteiger partial charge in [-0.3, -0.25) is 0 Å². The Hall–Kier alpha value is -1.44. The van der Waals surface area contributed by atoms with Crippen molar-refractivity contribution in [1.29, 1.82) is 0 Å². The van der Waals surface area contributed by atoms with E-state index in [0.717, 1.165) is 16.7 Å². The molecule has 1 aromatic carbocycles. The molecule has 0 spiro atoms. The first-order valence-electron chi connectivity index (χ1n) is 4.71. The van der Waals surface area contributed by atoms with Gasteiger partial charge in [-0.15, -0.1) is 0 Å². The highest BCUT2D eigenvalue weighted by atomic mass is 16.5. The van der Waals surface area contributed by atoms with Crippen LogP contribution in [0.3, 0.4) is 0 Å². The predicted octanol–water partition coefficient (Wildman–Crippen LogP) is 3.61. The zero-order valence-electron chi connectivity index (χ0n) is 8.70. The van der Waals surface area contributed by atoms with Gasteiger partial charge in [0.1, 0.15) is 16.9 Å². The van der Waals surface area contributed by atoms with Gasteiger partial charge in [0.25, 0.3) is 0 Å². The molecule has 14 heavy (non-hydrogen) atoms. The van der Waals surface area contributed by atoms with Crippen LogP contribution in [0.4, 0.5) is 0 Å². The van der Waals surface area contributed by atoms with Gasteiger partial charge in [0.2, 0.25) is 0 Å². The van der Waals surface area contributed by atoms with Gasteiger partial charge in [-0.2, -0.15) is 0 Å². The van der Waals surface area contributed by atoms with Crippen LogP contribution < -0.4 is 4.74 Å². The molecule has 2 heteroatoms. The molecule has 0 amide bonds. The van der Waals surface area contributed by atoms with Gasteiger partial charge in [0.05, 0.1) is 11.6 Å². The van der Waals surface area contributed by atoms with Crippen molar-refractivity contribution in [2.75, 3.05) is 0 Å². The lowest BCUT2D eigenvalue weighted by molar-refractivity contribution is 0.133. The Morgan fingerprint density at radius 2 is 1.93 bits per heavy atom. The smallest absolute Gasteiger partial charge is 0.137 e. The minimum Gasteiger partial charge on any atom is -0.487 e. The first-order valence-corrected chi connectivity index (χ1v) is 4.71. The highest BCUT2D eigenvalue weighted by Crippen LogP contribution is 2.28. The summed E-state index contributed by atoms with van der Waals surface area (Å²) >= 11 is 0. The summed E-state index contributed by atoms with van der Waals surface area (Å²) in [5, 5.41) is 1.03. The van der Waals surface area contributed by atoms with Crippen LogP contribution in [-0.4, -0.2) is 5.60 Å². The molecular weight excluding hydrogens is 176 g/mol. The third-order valence-electron chi connectivity index (χ3n) is 1.87. The summed E-state index contributed by atoms with van der Waals surface area (Å²) in [5.74, 6) is 0.878. The molecule has 0 saturated carbocycles. The van der Waals surface area contributed by atoms with Crippen LogP contribution in [0.2, 0.25) is 0 Å². The van der Waals surface area contributed by atoms with E-state index in [2.05, 4.69) is 0 Å². The lowest BCUT2D eigenvalue weighted by Gasteiger charge is -2.21. The molecule has 0 saturated heterocycles. The standard InChI is InChI=1S/C12H14O2/c1-12(2,3)14-11-6-4-5-10-9(11)7-8-13-10/h4-8H,1-3H3. The molecule has 0 aliphatic rings. The van der Waals surface area contributed by atoms with Gasteiger partial charge < -0.3 is 9.15 Å². The van der Waals surface area contributed by atoms with Crippen molar-refractivity contribution < 1.29 is 9.15 Å². The fourth-order valence-electron chi connectivity index (χ4n) is 1.39. The molecular formula is C12H14O2. The molecule has 0 N–H and O–H groups in total. The summed E-state index contributed by atoms with van der Waals surface area (Å²) in [7, 11) is 0. The van der Waals surface area contributed by atoms with Gasteiger partial charge >= 0.3 is 0 Å². The van der Waals surface area contributed by atoms with E-state index in [-0.39, 0.29) is 5.60 Å². The fraction of sp³-hybridized carbons (Fsp3) is 0.333. The largest absolute Gasteiger partial charge is 0.487 e. The number of rotatable bonds is 1. The molecule has 0 bridgehead atoms. The summed E-state index contributed by atoms with van der Waals surface area (Å²) in [4.78, 5) is 0. The summed E-state index contributed by atoms with van der Waals surface area (Å²) in [6.07, 6.45) is 1.68. The van der Waals surface area contributed by atoms with Gasteiger partial charge in [0, 0.05) is 0 Å². The van der Waals surface area contributed by atoms with Gasteiger partial charge in [-0.25, -0.2) is 0 Å². The summed E-state index contributed by atoms with van der Waals surface area (Å²) in [5.41, 5.74) is 0.692. The normalized spacial score (nSPS) is 11.9. The molecule has 0 aliphatic heterocycles. The molecule has 2 nitrogen and oxygen atoms in total. The molecule has 0 radical (unpaired) electrons. The number of hydrogen-bond donors (Lipinski definition) is 0. The molecule has 1 aromatic heterocycles. The average Bonchev–Trinajstić information content (AvgIpc) is 2.49. The average molecular weight is 190 g/mol. The van der Waals surface area contributed by atoms with Crippen molar-refractivity contribution in [1.82, 2.24) is 0 Å². The minimum atomic E-state index is -0.175. The quantitative estimate of drug-likeness (QED) is 0.685. The second-order valence-electron chi connectivity index (χ2n) is 4.30. The second-order valence-corrected chi connectivity index (χ2v) is 4.30. The maximum Gasteiger partial charge on any atom is 0.137 e. The lowest BCUT2D eigenvalue weighted by Crippen LogP contribution is -2.22. The molecule has 0 fully saturated rings. The van der Waals surface area contributed by atoms with Crippen LogP contribution in [0.25, 0.3) is 11.0 Å². The summed E-state index contributed by atoms with van der Waals surface area (Å²) in [6, 6.07) is 7.76. The van der Waals surface area contributed by atoms with Crippen LogP contribution in [0.15, 0.2) is 34.9 Å². The number of fused-ring (bicyclic) bond motifs is 1. The predicted molar refractivity (Wildman–Crippen MR) is 56.6 cm³/mol. The maximum absolute atomic E-state index is 5.81. The summed E-state index contributed by atoms with van der Waals surface area (Å²) < 4.78 is 11.1. The Labute approximate surface area is 83.5 Å². The Morgan fingerprint density at radius 1 is 1.14 bits per heavy atom. The van der Waals surface area contributed by atoms with Crippen molar-refractivity contribution in [3.63, 3.8) is 0 Å². The van der Waals surface area contributed by atoms with E-state index >= 15 is 0 Å². The monoisotopic (exact) mass is 190 g/mol. The molecule has 74 valence electrons. The van der Waals surface area contributed by atoms with E-state index < -0.39 is 0 Å². The molecule has 0 aliphatic carbocycles. The van der Waals surface area contributed by atoms with E-state index in [1.54, 1.807) is 6.26 Å². The Morgan fingerprint density at radius 3 is 2.64 bits per heavy atom. The van der Waals surface area contributed by atoms with Crippen molar-refractivity contribution in [2.24, 2.45) is 0 Å². The third kappa shape index (κ3) is 1.74. The van der Waals surface area contributed by atoms with E-state index in [9.17, 15) is 0 Å². The van der Waals surface area contributed by atoms with Gasteiger partial charge in [-0.05, 0) is 39.0 Å². The second kappa shape index (κ2) is 3.05. The van der Waals surface area contributed by atoms with E-state index in [1.165, 1.54) is 0 Å². The van der Waals surface area contributed by atoms with Crippen LogP contribution in [0.1, 0.15) is 20.8 Å². The van der Waals surface area contributed by atoms with Crippen molar-refractivity contribution in [3.05, 3.63) is 30.5 Å². The third-order valence-corrected chi connectivity index (χ3v) is 1.87. The van der Waals surface area contributed by atoms with Crippen LogP contribution in [0, 0.1) is 0 Å². The SMILES string of the molecule is CC(C)(C)Oc1cccc2occc12. The molecule has 1 heterocycles. The van der Waals surface area contributed by atoms with E-state index in [4.69, 9.17) is 9.15 Å².